The molecule has 1 fully saturated rings. The van der Waals surface area contributed by atoms with Crippen LogP contribution in [-0.2, 0) is 0 Å². The van der Waals surface area contributed by atoms with Crippen molar-refractivity contribution in [2.24, 2.45) is 0 Å². The van der Waals surface area contributed by atoms with E-state index in [2.05, 4.69) is 10.3 Å². The van der Waals surface area contributed by atoms with Gasteiger partial charge in [0.25, 0.3) is 11.5 Å². The number of aromatic nitrogens is 1. The summed E-state index contributed by atoms with van der Waals surface area (Å²) < 4.78 is 5.58. The number of carbonyl (C=O) groups excluding carboxylic acids is 1. The van der Waals surface area contributed by atoms with Gasteiger partial charge in [0, 0.05) is 12.6 Å². The summed E-state index contributed by atoms with van der Waals surface area (Å²) in [7, 11) is 0. The van der Waals surface area contributed by atoms with E-state index in [4.69, 9.17) is 16.3 Å². The second-order valence-corrected chi connectivity index (χ2v) is 7.00. The maximum atomic E-state index is 12.5. The Morgan fingerprint density at radius 3 is 2.73 bits per heavy atom. The van der Waals surface area contributed by atoms with E-state index in [0.29, 0.717) is 18.6 Å². The van der Waals surface area contributed by atoms with Crippen molar-refractivity contribution in [3.63, 3.8) is 0 Å². The van der Waals surface area contributed by atoms with Crippen LogP contribution < -0.4 is 15.6 Å². The molecule has 0 bridgehead atoms. The molecule has 0 aliphatic heterocycles. The molecular weight excluding hydrogens is 356 g/mol. The van der Waals surface area contributed by atoms with Crippen LogP contribution in [0.5, 0.6) is 11.6 Å². The highest BCUT2D eigenvalue weighted by molar-refractivity contribution is 6.33. The number of halogens is 1. The molecule has 0 unspecified atom stereocenters. The van der Waals surface area contributed by atoms with Crippen molar-refractivity contribution in [3.8, 4) is 11.6 Å². The molecule has 26 heavy (non-hydrogen) atoms. The zero-order valence-corrected chi connectivity index (χ0v) is 15.0. The molecule has 0 spiro atoms. The highest BCUT2D eigenvalue weighted by Crippen LogP contribution is 2.28. The zero-order chi connectivity index (χ0) is 18.6. The molecule has 3 rings (SSSR count). The SMILES string of the molecule is O=C(NCC1(O)CCCCC1)c1cc(Oc2cccc(=O)[nH]2)ccc1Cl. The molecule has 0 atom stereocenters. The van der Waals surface area contributed by atoms with E-state index in [0.717, 1.165) is 19.3 Å². The molecule has 0 radical (unpaired) electrons. The van der Waals surface area contributed by atoms with E-state index < -0.39 is 5.60 Å². The Bertz CT molecular complexity index is 843. The van der Waals surface area contributed by atoms with E-state index in [-0.39, 0.29) is 34.5 Å². The van der Waals surface area contributed by atoms with Crippen LogP contribution in [0.3, 0.4) is 0 Å². The van der Waals surface area contributed by atoms with Crippen LogP contribution in [-0.4, -0.2) is 28.1 Å². The molecule has 0 saturated heterocycles. The second kappa shape index (κ2) is 7.93. The first-order valence-corrected chi connectivity index (χ1v) is 9.00. The lowest BCUT2D eigenvalue weighted by molar-refractivity contribution is 0.00526. The van der Waals surface area contributed by atoms with Crippen molar-refractivity contribution >= 4 is 17.5 Å². The molecule has 1 aliphatic carbocycles. The third-order valence-corrected chi connectivity index (χ3v) is 4.84. The number of hydrogen-bond donors (Lipinski definition) is 3. The number of aromatic amines is 1. The summed E-state index contributed by atoms with van der Waals surface area (Å²) in [6.45, 7) is 0.194. The summed E-state index contributed by atoms with van der Waals surface area (Å²) in [6, 6.07) is 9.23. The minimum absolute atomic E-state index is 0.194. The van der Waals surface area contributed by atoms with Gasteiger partial charge in [0.15, 0.2) is 5.88 Å². The number of H-pyrrole nitrogens is 1. The zero-order valence-electron chi connectivity index (χ0n) is 14.3. The van der Waals surface area contributed by atoms with Gasteiger partial charge in [0.2, 0.25) is 0 Å². The molecule has 1 aromatic carbocycles. The van der Waals surface area contributed by atoms with Crippen LogP contribution in [0.1, 0.15) is 42.5 Å². The summed E-state index contributed by atoms with van der Waals surface area (Å²) in [4.78, 5) is 26.4. The van der Waals surface area contributed by atoms with Gasteiger partial charge in [-0.15, -0.1) is 0 Å². The van der Waals surface area contributed by atoms with Gasteiger partial charge in [-0.2, -0.15) is 0 Å². The fraction of sp³-hybridized carbons (Fsp3) is 0.368. The van der Waals surface area contributed by atoms with Crippen LogP contribution in [0, 0.1) is 0 Å². The third kappa shape index (κ3) is 4.65. The number of pyridine rings is 1. The number of nitrogens with one attached hydrogen (secondary N) is 2. The van der Waals surface area contributed by atoms with Crippen LogP contribution in [0.4, 0.5) is 0 Å². The van der Waals surface area contributed by atoms with Gasteiger partial charge in [-0.25, -0.2) is 0 Å². The summed E-state index contributed by atoms with van der Waals surface area (Å²) in [5.74, 6) is 0.265. The average molecular weight is 377 g/mol. The molecular formula is C19H21ClN2O4. The maximum absolute atomic E-state index is 12.5. The molecule has 1 amide bonds. The minimum atomic E-state index is -0.849. The summed E-state index contributed by atoms with van der Waals surface area (Å²) in [5.41, 5.74) is -0.880. The first kappa shape index (κ1) is 18.5. The van der Waals surface area contributed by atoms with Crippen LogP contribution in [0.15, 0.2) is 41.2 Å². The molecule has 138 valence electrons. The predicted molar refractivity (Wildman–Crippen MR) is 99.0 cm³/mol. The topological polar surface area (TPSA) is 91.4 Å². The Morgan fingerprint density at radius 1 is 1.23 bits per heavy atom. The van der Waals surface area contributed by atoms with Gasteiger partial charge in [-0.1, -0.05) is 36.9 Å². The van der Waals surface area contributed by atoms with Gasteiger partial charge in [-0.3, -0.25) is 14.6 Å². The summed E-state index contributed by atoms with van der Waals surface area (Å²) in [6.07, 6.45) is 4.41. The average Bonchev–Trinajstić information content (AvgIpc) is 2.62. The van der Waals surface area contributed by atoms with Crippen molar-refractivity contribution < 1.29 is 14.6 Å². The maximum Gasteiger partial charge on any atom is 0.253 e. The van der Waals surface area contributed by atoms with Crippen molar-refractivity contribution in [2.75, 3.05) is 6.54 Å². The van der Waals surface area contributed by atoms with Gasteiger partial charge >= 0.3 is 0 Å². The number of ether oxygens (including phenoxy) is 1. The monoisotopic (exact) mass is 376 g/mol. The molecule has 1 heterocycles. The number of rotatable bonds is 5. The number of benzene rings is 1. The molecule has 7 heteroatoms. The Labute approximate surface area is 156 Å². The first-order valence-electron chi connectivity index (χ1n) is 8.63. The summed E-state index contributed by atoms with van der Waals surface area (Å²) in [5, 5.41) is 13.6. The third-order valence-electron chi connectivity index (χ3n) is 4.51. The van der Waals surface area contributed by atoms with Crippen LogP contribution in [0.25, 0.3) is 0 Å². The van der Waals surface area contributed by atoms with E-state index in [1.54, 1.807) is 24.3 Å². The molecule has 1 aliphatic rings. The first-order chi connectivity index (χ1) is 12.5. The molecule has 1 aromatic heterocycles. The lowest BCUT2D eigenvalue weighted by Gasteiger charge is -2.32. The minimum Gasteiger partial charge on any atom is -0.441 e. The highest BCUT2D eigenvalue weighted by Gasteiger charge is 2.29. The standard InChI is InChI=1S/C19H21ClN2O4/c20-15-8-7-13(26-17-6-4-5-16(23)22-17)11-14(15)18(24)21-12-19(25)9-2-1-3-10-19/h4-8,11,25H,1-3,9-10,12H2,(H,21,24)(H,22,23). The second-order valence-electron chi connectivity index (χ2n) is 6.59. The van der Waals surface area contributed by atoms with Crippen molar-refractivity contribution in [1.82, 2.24) is 10.3 Å². The molecule has 3 N–H and O–H groups in total. The van der Waals surface area contributed by atoms with Crippen molar-refractivity contribution in [3.05, 3.63) is 57.3 Å². The lowest BCUT2D eigenvalue weighted by atomic mass is 9.85. The highest BCUT2D eigenvalue weighted by atomic mass is 35.5. The Kier molecular flexibility index (Phi) is 5.64. The predicted octanol–water partition coefficient (Wildman–Crippen LogP) is 3.25. The Morgan fingerprint density at radius 2 is 2.00 bits per heavy atom. The quantitative estimate of drug-likeness (QED) is 0.747. The largest absolute Gasteiger partial charge is 0.441 e. The summed E-state index contributed by atoms with van der Waals surface area (Å²) >= 11 is 6.14. The van der Waals surface area contributed by atoms with Gasteiger partial charge in [-0.05, 0) is 37.1 Å². The van der Waals surface area contributed by atoms with E-state index in [1.165, 1.54) is 12.1 Å². The molecule has 1 saturated carbocycles. The molecule has 6 nitrogen and oxygen atoms in total. The van der Waals surface area contributed by atoms with Crippen LogP contribution in [0.2, 0.25) is 5.02 Å². The fourth-order valence-electron chi connectivity index (χ4n) is 3.08. The Hall–Kier alpha value is -2.31. The van der Waals surface area contributed by atoms with E-state index >= 15 is 0 Å². The number of hydrogen-bond acceptors (Lipinski definition) is 4. The number of aliphatic hydroxyl groups is 1. The van der Waals surface area contributed by atoms with Crippen molar-refractivity contribution in [2.45, 2.75) is 37.7 Å². The smallest absolute Gasteiger partial charge is 0.253 e. The van der Waals surface area contributed by atoms with E-state index in [9.17, 15) is 14.7 Å². The van der Waals surface area contributed by atoms with Gasteiger partial charge in [0.05, 0.1) is 16.2 Å². The Balaban J connectivity index is 1.70. The lowest BCUT2D eigenvalue weighted by Crippen LogP contribution is -2.44. The van der Waals surface area contributed by atoms with Gasteiger partial charge < -0.3 is 15.2 Å². The normalized spacial score (nSPS) is 16.1. The number of carbonyl (C=O) groups is 1. The van der Waals surface area contributed by atoms with Gasteiger partial charge in [0.1, 0.15) is 5.75 Å². The van der Waals surface area contributed by atoms with Crippen molar-refractivity contribution in [1.29, 1.82) is 0 Å². The van der Waals surface area contributed by atoms with Crippen LogP contribution >= 0.6 is 11.6 Å². The fourth-order valence-corrected chi connectivity index (χ4v) is 3.29. The molecule has 2 aromatic rings. The van der Waals surface area contributed by atoms with E-state index in [1.807, 2.05) is 0 Å². The number of amides is 1.